The van der Waals surface area contributed by atoms with Crippen LogP contribution < -0.4 is 5.32 Å². The van der Waals surface area contributed by atoms with Crippen LogP contribution in [0, 0.1) is 29.1 Å². The quantitative estimate of drug-likeness (QED) is 0.631. The van der Waals surface area contributed by atoms with E-state index in [0.717, 1.165) is 30.4 Å². The molecule has 1 aromatic carbocycles. The number of hydrogen-bond acceptors (Lipinski definition) is 4. The largest absolute Gasteiger partial charge is 0.392 e. The highest BCUT2D eigenvalue weighted by molar-refractivity contribution is 6.04. The molecule has 3 aliphatic rings. The summed E-state index contributed by atoms with van der Waals surface area (Å²) in [6.07, 6.45) is 6.76. The highest BCUT2D eigenvalue weighted by atomic mass is 16.3. The minimum Gasteiger partial charge on any atom is -0.392 e. The Balaban J connectivity index is 1.43. The number of rotatable bonds is 2. The molecule has 32 heavy (non-hydrogen) atoms. The molecule has 0 bridgehead atoms. The molecule has 6 atom stereocenters. The van der Waals surface area contributed by atoms with Gasteiger partial charge in [0.2, 0.25) is 0 Å². The van der Waals surface area contributed by atoms with Crippen molar-refractivity contribution in [3.05, 3.63) is 59.4 Å². The Labute approximate surface area is 189 Å². The Hall–Kier alpha value is -2.68. The molecule has 0 radical (unpaired) electrons. The van der Waals surface area contributed by atoms with Gasteiger partial charge in [-0.1, -0.05) is 18.9 Å². The van der Waals surface area contributed by atoms with Crippen molar-refractivity contribution in [2.75, 3.05) is 5.32 Å². The molecule has 5 nitrogen and oxygen atoms in total. The summed E-state index contributed by atoms with van der Waals surface area (Å²) in [5, 5.41) is 25.5. The molecule has 0 spiro atoms. The van der Waals surface area contributed by atoms with E-state index in [2.05, 4.69) is 29.1 Å². The molecule has 5 rings (SSSR count). The molecule has 1 aromatic heterocycles. The number of nitrogens with zero attached hydrogens (tertiary/aromatic N) is 1. The first-order chi connectivity index (χ1) is 15.4. The Kier molecular flexibility index (Phi) is 5.11. The predicted octanol–water partition coefficient (Wildman–Crippen LogP) is 3.92. The number of benzene rings is 1. The Morgan fingerprint density at radius 2 is 2.12 bits per heavy atom. The van der Waals surface area contributed by atoms with Crippen LogP contribution in [-0.4, -0.2) is 32.8 Å². The van der Waals surface area contributed by atoms with Crippen molar-refractivity contribution < 1.29 is 15.0 Å². The van der Waals surface area contributed by atoms with Gasteiger partial charge in [0.05, 0.1) is 18.0 Å². The number of aliphatic hydroxyl groups excluding tert-OH is 1. The summed E-state index contributed by atoms with van der Waals surface area (Å²) in [7, 11) is 0. The second kappa shape index (κ2) is 7.72. The fourth-order valence-corrected chi connectivity index (χ4v) is 6.86. The van der Waals surface area contributed by atoms with Crippen LogP contribution in [0.25, 0.3) is 0 Å². The van der Waals surface area contributed by atoms with E-state index in [-0.39, 0.29) is 11.8 Å². The summed E-state index contributed by atoms with van der Waals surface area (Å²) in [6.45, 7) is 3.89. The lowest BCUT2D eigenvalue weighted by Crippen LogP contribution is -2.54. The van der Waals surface area contributed by atoms with Gasteiger partial charge in [-0.3, -0.25) is 9.78 Å². The molecule has 2 fully saturated rings. The highest BCUT2D eigenvalue weighted by Crippen LogP contribution is 2.64. The molecule has 3 N–H and O–H groups in total. The molecule has 166 valence electrons. The van der Waals surface area contributed by atoms with Crippen molar-refractivity contribution in [2.24, 2.45) is 17.3 Å². The summed E-state index contributed by atoms with van der Waals surface area (Å²) in [6, 6.07) is 9.47. The third-order valence-electron chi connectivity index (χ3n) is 8.37. The molecule has 2 aromatic rings. The standard InChI is InChI=1S/C27H30N2O3/c1-3-11-27(32)12-10-22-21-9-6-17-14-18(25(31)29-19-5-4-13-28-16-19)7-8-20(17)24(21)23(30)15-26(22,27)2/h4-5,7-8,13-14,16,21-24,30,32H,6,9-10,12,15H2,1-2H3,(H,29,31)/t21-,22-,23-,24+,26-,27-/m0/s1. The first kappa shape index (κ1) is 21.2. The van der Waals surface area contributed by atoms with Crippen molar-refractivity contribution >= 4 is 11.6 Å². The van der Waals surface area contributed by atoms with E-state index in [1.165, 1.54) is 0 Å². The average molecular weight is 431 g/mol. The Bertz CT molecular complexity index is 1100. The molecule has 2 saturated carbocycles. The van der Waals surface area contributed by atoms with E-state index >= 15 is 0 Å². The molecule has 0 aliphatic heterocycles. The minimum absolute atomic E-state index is 0.0456. The number of hydrogen-bond donors (Lipinski definition) is 3. The summed E-state index contributed by atoms with van der Waals surface area (Å²) in [5.74, 6) is 6.55. The van der Waals surface area contributed by atoms with E-state index in [9.17, 15) is 15.0 Å². The summed E-state index contributed by atoms with van der Waals surface area (Å²) in [4.78, 5) is 16.8. The van der Waals surface area contributed by atoms with Gasteiger partial charge in [0.15, 0.2) is 0 Å². The molecule has 1 heterocycles. The smallest absolute Gasteiger partial charge is 0.255 e. The van der Waals surface area contributed by atoms with E-state index in [0.29, 0.717) is 35.9 Å². The number of aromatic nitrogens is 1. The number of pyridine rings is 1. The zero-order valence-corrected chi connectivity index (χ0v) is 18.6. The van der Waals surface area contributed by atoms with Gasteiger partial charge in [-0.25, -0.2) is 0 Å². The van der Waals surface area contributed by atoms with Crippen molar-refractivity contribution in [1.82, 2.24) is 4.98 Å². The van der Waals surface area contributed by atoms with E-state index in [4.69, 9.17) is 0 Å². The van der Waals surface area contributed by atoms with Gasteiger partial charge >= 0.3 is 0 Å². The van der Waals surface area contributed by atoms with Gasteiger partial charge in [-0.15, -0.1) is 5.92 Å². The summed E-state index contributed by atoms with van der Waals surface area (Å²) in [5.41, 5.74) is 2.18. The summed E-state index contributed by atoms with van der Waals surface area (Å²) >= 11 is 0. The number of aliphatic hydroxyl groups is 2. The fourth-order valence-electron chi connectivity index (χ4n) is 6.86. The molecule has 5 heteroatoms. The number of anilines is 1. The zero-order chi connectivity index (χ0) is 22.5. The van der Waals surface area contributed by atoms with Crippen molar-refractivity contribution in [3.63, 3.8) is 0 Å². The van der Waals surface area contributed by atoms with Crippen molar-refractivity contribution in [1.29, 1.82) is 0 Å². The number of carbonyl (C=O) groups is 1. The average Bonchev–Trinajstić information content (AvgIpc) is 3.04. The molecular formula is C27H30N2O3. The normalized spacial score (nSPS) is 35.0. The van der Waals surface area contributed by atoms with Gasteiger partial charge in [0.25, 0.3) is 5.91 Å². The van der Waals surface area contributed by atoms with Crippen LogP contribution in [0.2, 0.25) is 0 Å². The first-order valence-corrected chi connectivity index (χ1v) is 11.5. The van der Waals surface area contributed by atoms with Gasteiger partial charge in [0, 0.05) is 23.1 Å². The van der Waals surface area contributed by atoms with Gasteiger partial charge in [-0.05, 0) is 86.3 Å². The number of aryl methyl sites for hydroxylation is 1. The first-order valence-electron chi connectivity index (χ1n) is 11.5. The number of nitrogens with one attached hydrogen (secondary N) is 1. The van der Waals surface area contributed by atoms with E-state index < -0.39 is 17.1 Å². The maximum Gasteiger partial charge on any atom is 0.255 e. The van der Waals surface area contributed by atoms with Gasteiger partial charge < -0.3 is 15.5 Å². The Morgan fingerprint density at radius 1 is 1.28 bits per heavy atom. The Morgan fingerprint density at radius 3 is 2.88 bits per heavy atom. The summed E-state index contributed by atoms with van der Waals surface area (Å²) < 4.78 is 0. The predicted molar refractivity (Wildman–Crippen MR) is 123 cm³/mol. The van der Waals surface area contributed by atoms with Crippen LogP contribution in [0.1, 0.15) is 66.9 Å². The molecule has 0 unspecified atom stereocenters. The minimum atomic E-state index is -1.02. The lowest BCUT2D eigenvalue weighted by Gasteiger charge is -2.54. The van der Waals surface area contributed by atoms with Crippen molar-refractivity contribution in [3.8, 4) is 11.8 Å². The van der Waals surface area contributed by atoms with Crippen molar-refractivity contribution in [2.45, 2.75) is 63.6 Å². The van der Waals surface area contributed by atoms with Crippen LogP contribution in [0.4, 0.5) is 5.69 Å². The topological polar surface area (TPSA) is 82.5 Å². The number of amides is 1. The van der Waals surface area contributed by atoms with Crippen LogP contribution in [0.3, 0.4) is 0 Å². The maximum atomic E-state index is 12.7. The van der Waals surface area contributed by atoms with Crippen LogP contribution in [0.15, 0.2) is 42.7 Å². The van der Waals surface area contributed by atoms with Gasteiger partial charge in [0.1, 0.15) is 5.60 Å². The van der Waals surface area contributed by atoms with E-state index in [1.807, 2.05) is 24.3 Å². The highest BCUT2D eigenvalue weighted by Gasteiger charge is 2.63. The third-order valence-corrected chi connectivity index (χ3v) is 8.37. The fraction of sp³-hybridized carbons (Fsp3) is 0.481. The SMILES string of the molecule is CC#C[C@]1(O)CC[C@H]2[C@@H]3CCc4cc(C(=O)Nc5cccnc5)ccc4[C@H]3[C@@H](O)C[C@@]21C. The molecule has 3 aliphatic carbocycles. The lowest BCUT2D eigenvalue weighted by atomic mass is 9.52. The second-order valence-corrected chi connectivity index (χ2v) is 9.91. The monoisotopic (exact) mass is 430 g/mol. The molecular weight excluding hydrogens is 400 g/mol. The lowest BCUT2D eigenvalue weighted by molar-refractivity contribution is -0.107. The third kappa shape index (κ3) is 3.17. The molecule has 1 amide bonds. The van der Waals surface area contributed by atoms with Crippen LogP contribution in [0.5, 0.6) is 0 Å². The van der Waals surface area contributed by atoms with Gasteiger partial charge in [-0.2, -0.15) is 0 Å². The van der Waals surface area contributed by atoms with Crippen LogP contribution in [-0.2, 0) is 6.42 Å². The maximum absolute atomic E-state index is 12.7. The molecule has 0 saturated heterocycles. The van der Waals surface area contributed by atoms with Crippen LogP contribution >= 0.6 is 0 Å². The van der Waals surface area contributed by atoms with E-state index in [1.54, 1.807) is 25.4 Å². The number of carbonyl (C=O) groups excluding carboxylic acids is 1. The second-order valence-electron chi connectivity index (χ2n) is 9.91. The zero-order valence-electron chi connectivity index (χ0n) is 18.6. The number of fused-ring (bicyclic) bond motifs is 5.